The van der Waals surface area contributed by atoms with Crippen LogP contribution < -0.4 is 0 Å². The predicted molar refractivity (Wildman–Crippen MR) is 129 cm³/mol. The number of likely N-dealkylation sites (tertiary alicyclic amines) is 1. The summed E-state index contributed by atoms with van der Waals surface area (Å²) in [7, 11) is 0. The van der Waals surface area contributed by atoms with E-state index in [-0.39, 0.29) is 5.91 Å². The van der Waals surface area contributed by atoms with Crippen molar-refractivity contribution in [1.29, 1.82) is 0 Å². The Balaban J connectivity index is 1.42. The van der Waals surface area contributed by atoms with E-state index >= 15 is 0 Å². The van der Waals surface area contributed by atoms with Crippen LogP contribution in [0.15, 0.2) is 60.7 Å². The van der Waals surface area contributed by atoms with Crippen molar-refractivity contribution in [1.82, 2.24) is 19.5 Å². The van der Waals surface area contributed by atoms with Gasteiger partial charge in [-0.15, -0.1) is 0 Å². The molecule has 9 heteroatoms. The Labute approximate surface area is 206 Å². The third-order valence-electron chi connectivity index (χ3n) is 6.56. The van der Waals surface area contributed by atoms with E-state index in [1.54, 1.807) is 47.4 Å². The number of ether oxygens (including phenoxy) is 2. The number of aromatic nitrogens is 3. The number of carbonyl (C=O) groups excluding carboxylic acids is 1. The molecule has 178 valence electrons. The van der Waals surface area contributed by atoms with Gasteiger partial charge in [0.2, 0.25) is 0 Å². The molecule has 0 saturated carbocycles. The van der Waals surface area contributed by atoms with Crippen molar-refractivity contribution in [2.45, 2.75) is 18.6 Å². The minimum absolute atomic E-state index is 0.200. The third-order valence-corrected chi connectivity index (χ3v) is 6.81. The zero-order valence-corrected chi connectivity index (χ0v) is 19.5. The number of fused-ring (bicyclic) bond motifs is 1. The highest BCUT2D eigenvalue weighted by Crippen LogP contribution is 2.32. The van der Waals surface area contributed by atoms with Crippen LogP contribution >= 0.6 is 11.6 Å². The van der Waals surface area contributed by atoms with E-state index in [1.807, 2.05) is 12.1 Å². The van der Waals surface area contributed by atoms with Crippen molar-refractivity contribution in [3.63, 3.8) is 0 Å². The van der Waals surface area contributed by atoms with E-state index in [0.29, 0.717) is 72.5 Å². The highest BCUT2D eigenvalue weighted by atomic mass is 35.5. The average molecular weight is 493 g/mol. The maximum Gasteiger partial charge on any atom is 0.272 e. The Hall–Kier alpha value is -3.33. The molecule has 35 heavy (non-hydrogen) atoms. The molecule has 1 spiro atoms. The van der Waals surface area contributed by atoms with Gasteiger partial charge in [0.15, 0.2) is 11.4 Å². The van der Waals surface area contributed by atoms with E-state index < -0.39 is 11.6 Å². The summed E-state index contributed by atoms with van der Waals surface area (Å²) in [6.07, 6.45) is 1.20. The lowest BCUT2D eigenvalue weighted by molar-refractivity contribution is -0.181. The highest BCUT2D eigenvalue weighted by molar-refractivity contribution is 6.30. The molecule has 2 aromatic carbocycles. The van der Waals surface area contributed by atoms with E-state index in [9.17, 15) is 9.18 Å². The van der Waals surface area contributed by atoms with Crippen LogP contribution in [0.1, 0.15) is 23.3 Å². The molecule has 2 fully saturated rings. The van der Waals surface area contributed by atoms with Crippen molar-refractivity contribution in [2.24, 2.45) is 0 Å². The van der Waals surface area contributed by atoms with Gasteiger partial charge in [0.1, 0.15) is 11.5 Å². The Morgan fingerprint density at radius 3 is 2.40 bits per heavy atom. The molecule has 4 aromatic rings. The first-order valence-corrected chi connectivity index (χ1v) is 11.9. The van der Waals surface area contributed by atoms with Crippen molar-refractivity contribution in [2.75, 3.05) is 26.3 Å². The fourth-order valence-corrected chi connectivity index (χ4v) is 4.82. The van der Waals surface area contributed by atoms with Crippen LogP contribution in [-0.2, 0) is 9.47 Å². The fourth-order valence-electron chi connectivity index (χ4n) is 4.69. The van der Waals surface area contributed by atoms with E-state index in [2.05, 4.69) is 10.1 Å². The molecule has 0 unspecified atom stereocenters. The molecule has 0 N–H and O–H groups in total. The third kappa shape index (κ3) is 4.07. The van der Waals surface area contributed by atoms with Crippen LogP contribution in [0.3, 0.4) is 0 Å². The second-order valence-corrected chi connectivity index (χ2v) is 9.15. The maximum absolute atomic E-state index is 14.6. The number of piperidine rings is 1. The smallest absolute Gasteiger partial charge is 0.272 e. The quantitative estimate of drug-likeness (QED) is 0.409. The zero-order chi connectivity index (χ0) is 24.0. The summed E-state index contributed by atoms with van der Waals surface area (Å²) < 4.78 is 27.8. The summed E-state index contributed by atoms with van der Waals surface area (Å²) >= 11 is 6.04. The predicted octanol–water partition coefficient (Wildman–Crippen LogP) is 4.83. The number of carbonyl (C=O) groups is 1. The van der Waals surface area contributed by atoms with Gasteiger partial charge in [-0.3, -0.25) is 4.79 Å². The van der Waals surface area contributed by atoms with Gasteiger partial charge in [-0.25, -0.2) is 13.9 Å². The molecule has 2 saturated heterocycles. The van der Waals surface area contributed by atoms with Crippen LogP contribution in [0, 0.1) is 5.82 Å². The number of amides is 1. The molecule has 1 amide bonds. The summed E-state index contributed by atoms with van der Waals surface area (Å²) in [5.41, 5.74) is 2.94. The first-order chi connectivity index (χ1) is 17.0. The van der Waals surface area contributed by atoms with Gasteiger partial charge in [0, 0.05) is 48.1 Å². The van der Waals surface area contributed by atoms with Gasteiger partial charge in [0.25, 0.3) is 5.91 Å². The molecular weight excluding hydrogens is 471 g/mol. The molecule has 4 heterocycles. The van der Waals surface area contributed by atoms with Gasteiger partial charge in [-0.2, -0.15) is 5.10 Å². The minimum Gasteiger partial charge on any atom is -0.347 e. The lowest BCUT2D eigenvalue weighted by Gasteiger charge is -2.37. The number of nitrogens with zero attached hydrogens (tertiary/aromatic N) is 4. The van der Waals surface area contributed by atoms with Gasteiger partial charge >= 0.3 is 0 Å². The van der Waals surface area contributed by atoms with E-state index in [4.69, 9.17) is 21.1 Å². The number of hydrogen-bond acceptors (Lipinski definition) is 5. The summed E-state index contributed by atoms with van der Waals surface area (Å²) in [6, 6.07) is 17.1. The lowest BCUT2D eigenvalue weighted by Crippen LogP contribution is -2.47. The van der Waals surface area contributed by atoms with Gasteiger partial charge < -0.3 is 14.4 Å². The van der Waals surface area contributed by atoms with E-state index in [0.717, 1.165) is 5.56 Å². The first-order valence-electron chi connectivity index (χ1n) is 11.5. The van der Waals surface area contributed by atoms with Crippen LogP contribution in [0.25, 0.3) is 28.2 Å². The second kappa shape index (κ2) is 8.71. The molecular formula is C26H22ClFN4O3. The van der Waals surface area contributed by atoms with Crippen molar-refractivity contribution in [3.8, 4) is 22.5 Å². The monoisotopic (exact) mass is 492 g/mol. The standard InChI is InChI=1S/C26H22ClFN4O3/c27-18-7-5-17(6-8-18)21-16-24-29-22(19-3-1-2-4-20(19)28)15-23(32(24)30-21)25(33)31-11-9-26(10-12-31)34-13-14-35-26/h1-8,15-16H,9-14H2. The normalized spacial score (nSPS) is 17.4. The highest BCUT2D eigenvalue weighted by Gasteiger charge is 2.41. The number of hydrogen-bond donors (Lipinski definition) is 0. The largest absolute Gasteiger partial charge is 0.347 e. The van der Waals surface area contributed by atoms with Gasteiger partial charge in [0.05, 0.1) is 24.6 Å². The molecule has 0 aliphatic carbocycles. The van der Waals surface area contributed by atoms with Crippen molar-refractivity contribution < 1.29 is 18.7 Å². The van der Waals surface area contributed by atoms with Crippen LogP contribution in [0.5, 0.6) is 0 Å². The Morgan fingerprint density at radius 2 is 1.69 bits per heavy atom. The maximum atomic E-state index is 14.6. The van der Waals surface area contributed by atoms with Crippen molar-refractivity contribution >= 4 is 23.2 Å². The minimum atomic E-state index is -0.587. The molecule has 0 bridgehead atoms. The van der Waals surface area contributed by atoms with Crippen LogP contribution in [0.4, 0.5) is 4.39 Å². The molecule has 0 atom stereocenters. The number of rotatable bonds is 3. The summed E-state index contributed by atoms with van der Waals surface area (Å²) in [6.45, 7) is 2.13. The molecule has 7 nitrogen and oxygen atoms in total. The molecule has 2 aliphatic heterocycles. The SMILES string of the molecule is O=C(c1cc(-c2ccccc2F)nc2cc(-c3ccc(Cl)cc3)nn12)N1CCC2(CC1)OCCO2. The van der Waals surface area contributed by atoms with Gasteiger partial charge in [-0.05, 0) is 30.3 Å². The van der Waals surface area contributed by atoms with Crippen molar-refractivity contribution in [3.05, 3.63) is 77.2 Å². The average Bonchev–Trinajstić information content (AvgIpc) is 3.51. The van der Waals surface area contributed by atoms with Crippen LogP contribution in [0.2, 0.25) is 5.02 Å². The number of benzene rings is 2. The molecule has 2 aliphatic rings. The summed E-state index contributed by atoms with van der Waals surface area (Å²) in [4.78, 5) is 20.1. The molecule has 2 aromatic heterocycles. The Morgan fingerprint density at radius 1 is 0.971 bits per heavy atom. The van der Waals surface area contributed by atoms with E-state index in [1.165, 1.54) is 10.6 Å². The second-order valence-electron chi connectivity index (χ2n) is 8.71. The topological polar surface area (TPSA) is 69.0 Å². The Bertz CT molecular complexity index is 1410. The lowest BCUT2D eigenvalue weighted by atomic mass is 10.0. The van der Waals surface area contributed by atoms with Gasteiger partial charge in [-0.1, -0.05) is 35.9 Å². The molecule has 0 radical (unpaired) electrons. The van der Waals surface area contributed by atoms with Crippen LogP contribution in [-0.4, -0.2) is 57.5 Å². The number of halogens is 2. The first kappa shape index (κ1) is 22.2. The summed E-state index contributed by atoms with van der Waals surface area (Å²) in [5.74, 6) is -1.19. The Kier molecular flexibility index (Phi) is 5.51. The zero-order valence-electron chi connectivity index (χ0n) is 18.8. The summed E-state index contributed by atoms with van der Waals surface area (Å²) in [5, 5.41) is 5.29. The molecule has 6 rings (SSSR count). The fraction of sp³-hybridized carbons (Fsp3) is 0.269.